The van der Waals surface area contributed by atoms with Crippen LogP contribution >= 0.6 is 11.8 Å². The third-order valence-corrected chi connectivity index (χ3v) is 6.61. The monoisotopic (exact) mass is 417 g/mol. The van der Waals surface area contributed by atoms with Gasteiger partial charge in [-0.1, -0.05) is 54.6 Å². The zero-order chi connectivity index (χ0) is 20.6. The molecule has 0 radical (unpaired) electrons. The second-order valence-corrected chi connectivity index (χ2v) is 8.72. The highest BCUT2D eigenvalue weighted by Gasteiger charge is 2.28. The third-order valence-electron chi connectivity index (χ3n) is 5.35. The van der Waals surface area contributed by atoms with E-state index in [4.69, 9.17) is 0 Å². The summed E-state index contributed by atoms with van der Waals surface area (Å²) in [7, 11) is 0. The van der Waals surface area contributed by atoms with Crippen LogP contribution in [0.2, 0.25) is 0 Å². The van der Waals surface area contributed by atoms with Gasteiger partial charge >= 0.3 is 0 Å². The molecule has 0 saturated carbocycles. The van der Waals surface area contributed by atoms with Gasteiger partial charge in [0.15, 0.2) is 0 Å². The molecule has 1 atom stereocenters. The topological polar surface area (TPSA) is 36.4 Å². The summed E-state index contributed by atoms with van der Waals surface area (Å²) >= 11 is 1.64. The van der Waals surface area contributed by atoms with E-state index in [2.05, 4.69) is 45.1 Å². The van der Waals surface area contributed by atoms with Crippen molar-refractivity contribution in [3.05, 3.63) is 96.3 Å². The number of benzene rings is 2. The van der Waals surface area contributed by atoms with Gasteiger partial charge in [-0.15, -0.1) is 11.8 Å². The molecule has 0 aliphatic carbocycles. The van der Waals surface area contributed by atoms with Crippen LogP contribution in [0.15, 0.2) is 90.1 Å². The summed E-state index contributed by atoms with van der Waals surface area (Å²) < 4.78 is 0. The zero-order valence-corrected chi connectivity index (χ0v) is 17.9. The van der Waals surface area contributed by atoms with Gasteiger partial charge in [0, 0.05) is 50.0 Å². The Morgan fingerprint density at radius 1 is 0.900 bits per heavy atom. The molecule has 2 aromatic carbocycles. The predicted molar refractivity (Wildman–Crippen MR) is 122 cm³/mol. The zero-order valence-electron chi connectivity index (χ0n) is 17.1. The highest BCUT2D eigenvalue weighted by molar-refractivity contribution is 8.00. The normalized spacial score (nSPS) is 16.1. The number of thioether (sulfide) groups is 1. The molecule has 0 N–H and O–H groups in total. The number of hydrogen-bond acceptors (Lipinski definition) is 4. The maximum atomic E-state index is 13.6. The van der Waals surface area contributed by atoms with Gasteiger partial charge in [-0.3, -0.25) is 14.7 Å². The SMILES string of the molecule is O=C(C(Sc1ccccc1)c1ccccc1)N1CCCN(Cc2cccnc2)CC1. The van der Waals surface area contributed by atoms with Crippen molar-refractivity contribution in [3.8, 4) is 0 Å². The number of amides is 1. The van der Waals surface area contributed by atoms with E-state index in [0.717, 1.165) is 49.6 Å². The van der Waals surface area contributed by atoms with E-state index in [1.807, 2.05) is 48.7 Å². The summed E-state index contributed by atoms with van der Waals surface area (Å²) in [5.74, 6) is 0.207. The van der Waals surface area contributed by atoms with Crippen molar-refractivity contribution in [3.63, 3.8) is 0 Å². The highest BCUT2D eigenvalue weighted by atomic mass is 32.2. The van der Waals surface area contributed by atoms with Crippen molar-refractivity contribution in [1.29, 1.82) is 0 Å². The number of aromatic nitrogens is 1. The number of carbonyl (C=O) groups excluding carboxylic acids is 1. The molecule has 1 amide bonds. The quantitative estimate of drug-likeness (QED) is 0.547. The summed E-state index contributed by atoms with van der Waals surface area (Å²) in [6.07, 6.45) is 4.72. The Balaban J connectivity index is 1.46. The maximum Gasteiger partial charge on any atom is 0.240 e. The molecular formula is C25H27N3OS. The van der Waals surface area contributed by atoms with Gasteiger partial charge in [0.2, 0.25) is 5.91 Å². The molecule has 4 rings (SSSR count). The van der Waals surface area contributed by atoms with Gasteiger partial charge in [0.25, 0.3) is 0 Å². The van der Waals surface area contributed by atoms with Crippen molar-refractivity contribution >= 4 is 17.7 Å². The number of nitrogens with zero attached hydrogens (tertiary/aromatic N) is 3. The van der Waals surface area contributed by atoms with Crippen molar-refractivity contribution in [2.24, 2.45) is 0 Å². The molecule has 0 spiro atoms. The minimum atomic E-state index is -0.224. The Morgan fingerprint density at radius 3 is 2.40 bits per heavy atom. The van der Waals surface area contributed by atoms with Crippen LogP contribution in [0, 0.1) is 0 Å². The predicted octanol–water partition coefficient (Wildman–Crippen LogP) is 4.65. The van der Waals surface area contributed by atoms with E-state index < -0.39 is 0 Å². The lowest BCUT2D eigenvalue weighted by molar-refractivity contribution is -0.130. The van der Waals surface area contributed by atoms with Gasteiger partial charge in [-0.2, -0.15) is 0 Å². The van der Waals surface area contributed by atoms with Crippen molar-refractivity contribution in [2.45, 2.75) is 23.1 Å². The minimum absolute atomic E-state index is 0.207. The van der Waals surface area contributed by atoms with Crippen LogP contribution in [0.3, 0.4) is 0 Å². The molecule has 1 aliphatic rings. The Bertz CT molecular complexity index is 921. The molecule has 0 bridgehead atoms. The second-order valence-electron chi connectivity index (χ2n) is 7.54. The second kappa shape index (κ2) is 10.4. The lowest BCUT2D eigenvalue weighted by Crippen LogP contribution is -2.37. The van der Waals surface area contributed by atoms with E-state index in [9.17, 15) is 4.79 Å². The van der Waals surface area contributed by atoms with Gasteiger partial charge < -0.3 is 4.90 Å². The first-order chi connectivity index (χ1) is 14.8. The summed E-state index contributed by atoms with van der Waals surface area (Å²) in [6, 6.07) is 24.5. The van der Waals surface area contributed by atoms with Crippen LogP contribution in [0.5, 0.6) is 0 Å². The van der Waals surface area contributed by atoms with Crippen molar-refractivity contribution in [1.82, 2.24) is 14.8 Å². The van der Waals surface area contributed by atoms with Gasteiger partial charge in [-0.25, -0.2) is 0 Å². The molecule has 5 heteroatoms. The van der Waals surface area contributed by atoms with E-state index >= 15 is 0 Å². The largest absolute Gasteiger partial charge is 0.340 e. The molecule has 1 aromatic heterocycles. The van der Waals surface area contributed by atoms with Gasteiger partial charge in [0.05, 0.1) is 0 Å². The molecule has 3 aromatic rings. The minimum Gasteiger partial charge on any atom is -0.340 e. The van der Waals surface area contributed by atoms with Crippen LogP contribution in [-0.4, -0.2) is 46.9 Å². The molecule has 1 aliphatic heterocycles. The fourth-order valence-corrected chi connectivity index (χ4v) is 4.92. The van der Waals surface area contributed by atoms with Crippen molar-refractivity contribution in [2.75, 3.05) is 26.2 Å². The summed E-state index contributed by atoms with van der Waals surface area (Å²) in [5.41, 5.74) is 2.28. The average Bonchev–Trinajstić information content (AvgIpc) is 3.05. The van der Waals surface area contributed by atoms with Crippen LogP contribution in [0.1, 0.15) is 22.8 Å². The van der Waals surface area contributed by atoms with Gasteiger partial charge in [0.1, 0.15) is 5.25 Å². The number of carbonyl (C=O) groups is 1. The standard InChI is InChI=1S/C25H27N3OS/c29-25(24(22-10-3-1-4-11-22)30-23-12-5-2-6-13-23)28-16-8-15-27(17-18-28)20-21-9-7-14-26-19-21/h1-7,9-14,19,24H,8,15-18,20H2. The maximum absolute atomic E-state index is 13.6. The first kappa shape index (κ1) is 20.6. The molecule has 1 unspecified atom stereocenters. The Hall–Kier alpha value is -2.63. The fraction of sp³-hybridized carbons (Fsp3) is 0.280. The molecule has 1 saturated heterocycles. The fourth-order valence-electron chi connectivity index (χ4n) is 3.79. The third kappa shape index (κ3) is 5.49. The summed E-state index contributed by atoms with van der Waals surface area (Å²) in [4.78, 5) is 23.4. The van der Waals surface area contributed by atoms with E-state index in [1.165, 1.54) is 5.56 Å². The first-order valence-corrected chi connectivity index (χ1v) is 11.3. The van der Waals surface area contributed by atoms with Gasteiger partial charge in [-0.05, 0) is 35.7 Å². The molecule has 154 valence electrons. The summed E-state index contributed by atoms with van der Waals surface area (Å²) in [6.45, 7) is 4.34. The highest BCUT2D eigenvalue weighted by Crippen LogP contribution is 2.36. The van der Waals surface area contributed by atoms with Crippen LogP contribution in [-0.2, 0) is 11.3 Å². The van der Waals surface area contributed by atoms with Crippen molar-refractivity contribution < 1.29 is 4.79 Å². The molecule has 1 fully saturated rings. The van der Waals surface area contributed by atoms with E-state index in [-0.39, 0.29) is 11.2 Å². The van der Waals surface area contributed by atoms with E-state index in [1.54, 1.807) is 18.0 Å². The first-order valence-electron chi connectivity index (χ1n) is 10.5. The Kier molecular flexibility index (Phi) is 7.16. The van der Waals surface area contributed by atoms with Crippen LogP contribution in [0.25, 0.3) is 0 Å². The number of rotatable bonds is 6. The number of hydrogen-bond donors (Lipinski definition) is 0. The lowest BCUT2D eigenvalue weighted by atomic mass is 10.1. The molecule has 4 nitrogen and oxygen atoms in total. The lowest BCUT2D eigenvalue weighted by Gasteiger charge is -2.26. The number of pyridine rings is 1. The van der Waals surface area contributed by atoms with Crippen LogP contribution in [0.4, 0.5) is 0 Å². The van der Waals surface area contributed by atoms with Crippen LogP contribution < -0.4 is 0 Å². The Labute approximate surface area is 182 Å². The van der Waals surface area contributed by atoms with E-state index in [0.29, 0.717) is 0 Å². The molecular weight excluding hydrogens is 390 g/mol. The average molecular weight is 418 g/mol. The molecule has 30 heavy (non-hydrogen) atoms. The summed E-state index contributed by atoms with van der Waals surface area (Å²) in [5, 5.41) is -0.224. The smallest absolute Gasteiger partial charge is 0.240 e. The Morgan fingerprint density at radius 2 is 1.67 bits per heavy atom. The molecule has 2 heterocycles.